The van der Waals surface area contributed by atoms with E-state index in [2.05, 4.69) is 10.6 Å². The first-order chi connectivity index (χ1) is 13.4. The molecule has 0 radical (unpaired) electrons. The number of nitrogens with two attached hydrogens (primary N) is 1. The van der Waals surface area contributed by atoms with Crippen LogP contribution in [0.5, 0.6) is 0 Å². The number of rotatable bonds is 5. The zero-order chi connectivity index (χ0) is 20.3. The molecule has 0 aromatic heterocycles. The van der Waals surface area contributed by atoms with E-state index < -0.39 is 6.04 Å². The summed E-state index contributed by atoms with van der Waals surface area (Å²) in [5.41, 5.74) is 9.38. The van der Waals surface area contributed by atoms with Crippen molar-refractivity contribution < 1.29 is 9.59 Å². The molecule has 0 bridgehead atoms. The lowest BCUT2D eigenvalue weighted by molar-refractivity contribution is -0.136. The highest BCUT2D eigenvalue weighted by Gasteiger charge is 2.34. The van der Waals surface area contributed by atoms with Gasteiger partial charge in [-0.2, -0.15) is 0 Å². The molecule has 2 fully saturated rings. The zero-order valence-corrected chi connectivity index (χ0v) is 17.3. The standard InChI is InChI=1S/C22H34N4O2/c1-14-6-4-9-19(15(14)2)25-22(28)24-17-12-10-16(11-13-17)20(23)21(27)26(3)18-7-5-8-18/h4,6,9,16-18,20H,5,7-8,10-13,23H2,1-3H3,(H2,24,25,28)/t16?,17?,20-/m0/s1. The number of carbonyl (C=O) groups excluding carboxylic acids is 2. The van der Waals surface area contributed by atoms with Crippen LogP contribution in [-0.4, -0.2) is 42.0 Å². The fourth-order valence-electron chi connectivity index (χ4n) is 4.24. The molecule has 2 aliphatic rings. The molecule has 1 aromatic rings. The maximum Gasteiger partial charge on any atom is 0.319 e. The van der Waals surface area contributed by atoms with Crippen LogP contribution in [0.25, 0.3) is 0 Å². The van der Waals surface area contributed by atoms with Crippen LogP contribution < -0.4 is 16.4 Å². The first-order valence-corrected chi connectivity index (χ1v) is 10.5. The van der Waals surface area contributed by atoms with E-state index in [1.165, 1.54) is 6.42 Å². The number of nitrogens with zero attached hydrogens (tertiary/aromatic N) is 1. The van der Waals surface area contributed by atoms with Crippen molar-refractivity contribution in [3.8, 4) is 0 Å². The van der Waals surface area contributed by atoms with Gasteiger partial charge in [0.05, 0.1) is 6.04 Å². The Morgan fingerprint density at radius 1 is 1.11 bits per heavy atom. The Morgan fingerprint density at radius 3 is 2.39 bits per heavy atom. The first-order valence-electron chi connectivity index (χ1n) is 10.5. The molecule has 6 nitrogen and oxygen atoms in total. The Balaban J connectivity index is 1.45. The Labute approximate surface area is 168 Å². The van der Waals surface area contributed by atoms with Gasteiger partial charge in [0, 0.05) is 24.8 Å². The summed E-state index contributed by atoms with van der Waals surface area (Å²) in [5, 5.41) is 6.03. The van der Waals surface area contributed by atoms with Crippen molar-refractivity contribution >= 4 is 17.6 Å². The van der Waals surface area contributed by atoms with Crippen LogP contribution in [0, 0.1) is 19.8 Å². The minimum atomic E-state index is -0.421. The normalized spacial score (nSPS) is 23.4. The van der Waals surface area contributed by atoms with Gasteiger partial charge in [0.15, 0.2) is 0 Å². The number of hydrogen-bond acceptors (Lipinski definition) is 3. The van der Waals surface area contributed by atoms with Crippen LogP contribution in [-0.2, 0) is 4.79 Å². The number of hydrogen-bond donors (Lipinski definition) is 3. The highest BCUT2D eigenvalue weighted by atomic mass is 16.2. The lowest BCUT2D eigenvalue weighted by Gasteiger charge is -2.38. The number of carbonyl (C=O) groups is 2. The van der Waals surface area contributed by atoms with Gasteiger partial charge in [-0.15, -0.1) is 0 Å². The highest BCUT2D eigenvalue weighted by Crippen LogP contribution is 2.29. The Morgan fingerprint density at radius 2 is 1.79 bits per heavy atom. The smallest absolute Gasteiger partial charge is 0.319 e. The largest absolute Gasteiger partial charge is 0.341 e. The quantitative estimate of drug-likeness (QED) is 0.725. The van der Waals surface area contributed by atoms with Gasteiger partial charge in [0.25, 0.3) is 0 Å². The molecule has 3 amide bonds. The van der Waals surface area contributed by atoms with Crippen LogP contribution in [0.2, 0.25) is 0 Å². The molecule has 0 heterocycles. The van der Waals surface area contributed by atoms with Crippen LogP contribution in [0.1, 0.15) is 56.1 Å². The number of benzene rings is 1. The molecule has 0 aliphatic heterocycles. The van der Waals surface area contributed by atoms with Gasteiger partial charge in [-0.3, -0.25) is 4.79 Å². The molecule has 1 aromatic carbocycles. The summed E-state index contributed by atoms with van der Waals surface area (Å²) < 4.78 is 0. The molecule has 0 spiro atoms. The van der Waals surface area contributed by atoms with Crippen molar-refractivity contribution in [1.82, 2.24) is 10.2 Å². The Hall–Kier alpha value is -2.08. The van der Waals surface area contributed by atoms with Gasteiger partial charge in [0.1, 0.15) is 0 Å². The number of nitrogens with one attached hydrogen (secondary N) is 2. The van der Waals surface area contributed by atoms with Crippen LogP contribution in [0.3, 0.4) is 0 Å². The molecule has 0 unspecified atom stereocenters. The van der Waals surface area contributed by atoms with E-state index in [0.717, 1.165) is 55.3 Å². The van der Waals surface area contributed by atoms with Crippen molar-refractivity contribution in [2.24, 2.45) is 11.7 Å². The van der Waals surface area contributed by atoms with Crippen molar-refractivity contribution in [3.63, 3.8) is 0 Å². The van der Waals surface area contributed by atoms with E-state index in [-0.39, 0.29) is 23.9 Å². The molecule has 2 saturated carbocycles. The maximum atomic E-state index is 12.6. The fourth-order valence-corrected chi connectivity index (χ4v) is 4.24. The highest BCUT2D eigenvalue weighted by molar-refractivity contribution is 5.90. The van der Waals surface area contributed by atoms with E-state index in [9.17, 15) is 9.59 Å². The summed E-state index contributed by atoms with van der Waals surface area (Å²) in [7, 11) is 1.89. The summed E-state index contributed by atoms with van der Waals surface area (Å²) in [4.78, 5) is 26.8. The third-order valence-corrected chi connectivity index (χ3v) is 6.72. The molecule has 6 heteroatoms. The van der Waals surface area contributed by atoms with Crippen molar-refractivity contribution in [3.05, 3.63) is 29.3 Å². The molecular formula is C22H34N4O2. The predicted octanol–water partition coefficient (Wildman–Crippen LogP) is 3.32. The molecule has 4 N–H and O–H groups in total. The molecule has 28 heavy (non-hydrogen) atoms. The zero-order valence-electron chi connectivity index (χ0n) is 17.3. The van der Waals surface area contributed by atoms with Crippen molar-refractivity contribution in [2.45, 2.75) is 76.9 Å². The minimum Gasteiger partial charge on any atom is -0.341 e. The lowest BCUT2D eigenvalue weighted by atomic mass is 9.81. The van der Waals surface area contributed by atoms with E-state index in [4.69, 9.17) is 5.73 Å². The van der Waals surface area contributed by atoms with E-state index >= 15 is 0 Å². The molecule has 0 saturated heterocycles. The fraction of sp³-hybridized carbons (Fsp3) is 0.636. The first kappa shape index (κ1) is 20.6. The summed E-state index contributed by atoms with van der Waals surface area (Å²) >= 11 is 0. The van der Waals surface area contributed by atoms with Gasteiger partial charge in [-0.25, -0.2) is 4.79 Å². The van der Waals surface area contributed by atoms with Gasteiger partial charge in [-0.05, 0) is 81.9 Å². The second-order valence-electron chi connectivity index (χ2n) is 8.52. The van der Waals surface area contributed by atoms with E-state index in [0.29, 0.717) is 6.04 Å². The van der Waals surface area contributed by atoms with Gasteiger partial charge in [-0.1, -0.05) is 12.1 Å². The Kier molecular flexibility index (Phi) is 6.60. The second kappa shape index (κ2) is 8.95. The SMILES string of the molecule is Cc1cccc(NC(=O)NC2CCC([C@H](N)C(=O)N(C)C3CCC3)CC2)c1C. The van der Waals surface area contributed by atoms with Gasteiger partial charge < -0.3 is 21.3 Å². The monoisotopic (exact) mass is 386 g/mol. The third-order valence-electron chi connectivity index (χ3n) is 6.72. The Bertz CT molecular complexity index is 708. The van der Waals surface area contributed by atoms with Crippen molar-refractivity contribution in [2.75, 3.05) is 12.4 Å². The number of urea groups is 1. The van der Waals surface area contributed by atoms with Crippen LogP contribution >= 0.6 is 0 Å². The summed E-state index contributed by atoms with van der Waals surface area (Å²) in [6.45, 7) is 4.04. The van der Waals surface area contributed by atoms with Gasteiger partial charge >= 0.3 is 6.03 Å². The summed E-state index contributed by atoms with van der Waals surface area (Å²) in [5.74, 6) is 0.281. The maximum absolute atomic E-state index is 12.6. The average Bonchev–Trinajstić information content (AvgIpc) is 2.63. The van der Waals surface area contributed by atoms with Crippen LogP contribution in [0.4, 0.5) is 10.5 Å². The molecule has 3 rings (SSSR count). The second-order valence-corrected chi connectivity index (χ2v) is 8.52. The van der Waals surface area contributed by atoms with Crippen LogP contribution in [0.15, 0.2) is 18.2 Å². The van der Waals surface area contributed by atoms with Gasteiger partial charge in [0.2, 0.25) is 5.91 Å². The van der Waals surface area contributed by atoms with Crippen molar-refractivity contribution in [1.29, 1.82) is 0 Å². The molecular weight excluding hydrogens is 352 g/mol. The lowest BCUT2D eigenvalue weighted by Crippen LogP contribution is -2.52. The minimum absolute atomic E-state index is 0.0776. The average molecular weight is 387 g/mol. The van der Waals surface area contributed by atoms with E-state index in [1.807, 2.05) is 44.0 Å². The number of amides is 3. The van der Waals surface area contributed by atoms with E-state index in [1.54, 1.807) is 0 Å². The topological polar surface area (TPSA) is 87.5 Å². The number of likely N-dealkylation sites (N-methyl/N-ethyl adjacent to an activating group) is 1. The summed E-state index contributed by atoms with van der Waals surface area (Å²) in [6, 6.07) is 5.83. The molecule has 1 atom stereocenters. The number of anilines is 1. The molecule has 154 valence electrons. The third kappa shape index (κ3) is 4.66. The number of aryl methyl sites for hydroxylation is 1. The summed E-state index contributed by atoms with van der Waals surface area (Å²) in [6.07, 6.45) is 6.87. The molecule has 2 aliphatic carbocycles. The predicted molar refractivity (Wildman–Crippen MR) is 112 cm³/mol.